The lowest BCUT2D eigenvalue weighted by molar-refractivity contribution is -0.113. The summed E-state index contributed by atoms with van der Waals surface area (Å²) in [5, 5.41) is 13.5. The number of thioether (sulfide) groups is 1. The Bertz CT molecular complexity index is 1110. The predicted octanol–water partition coefficient (Wildman–Crippen LogP) is 5.09. The maximum Gasteiger partial charge on any atom is 0.277 e. The van der Waals surface area contributed by atoms with E-state index >= 15 is 0 Å². The summed E-state index contributed by atoms with van der Waals surface area (Å²) >= 11 is 2.57. The van der Waals surface area contributed by atoms with Gasteiger partial charge in [-0.15, -0.1) is 21.5 Å². The Labute approximate surface area is 175 Å². The molecule has 0 fully saturated rings. The second kappa shape index (κ2) is 9.31. The molecular weight excluding hydrogens is 404 g/mol. The zero-order valence-electron chi connectivity index (χ0n) is 15.2. The van der Waals surface area contributed by atoms with E-state index in [0.29, 0.717) is 16.2 Å². The molecule has 1 amide bonds. The summed E-state index contributed by atoms with van der Waals surface area (Å²) in [6.07, 6.45) is 3.63. The molecule has 0 saturated carbocycles. The fraction of sp³-hybridized carbons (Fsp3) is 0.0476. The molecule has 2 aromatic carbocycles. The number of nitrogens with one attached hydrogen (secondary N) is 1. The van der Waals surface area contributed by atoms with Crippen LogP contribution in [0.5, 0.6) is 0 Å². The summed E-state index contributed by atoms with van der Waals surface area (Å²) in [6, 6.07) is 19.7. The second-order valence-corrected chi connectivity index (χ2v) is 7.68. The smallest absolute Gasteiger partial charge is 0.277 e. The lowest BCUT2D eigenvalue weighted by Crippen LogP contribution is -2.13. The predicted molar refractivity (Wildman–Crippen MR) is 117 cm³/mol. The van der Waals surface area contributed by atoms with Crippen LogP contribution in [0.2, 0.25) is 0 Å². The fourth-order valence-electron chi connectivity index (χ4n) is 2.43. The highest BCUT2D eigenvalue weighted by atomic mass is 32.2. The SMILES string of the molecule is O=C(CSc1nnc(C=Cc2ccccc2)o1)Nc1nc(-c2ccccc2)cs1. The van der Waals surface area contributed by atoms with Gasteiger partial charge in [0.25, 0.3) is 5.22 Å². The molecule has 6 nitrogen and oxygen atoms in total. The molecule has 0 spiro atoms. The molecule has 0 bridgehead atoms. The fourth-order valence-corrected chi connectivity index (χ4v) is 3.74. The van der Waals surface area contributed by atoms with Crippen molar-refractivity contribution in [1.29, 1.82) is 0 Å². The Hall–Kier alpha value is -3.23. The van der Waals surface area contributed by atoms with Crippen LogP contribution >= 0.6 is 23.1 Å². The molecule has 0 unspecified atom stereocenters. The van der Waals surface area contributed by atoms with Crippen LogP contribution < -0.4 is 5.32 Å². The Balaban J connectivity index is 1.29. The Morgan fingerprint density at radius 2 is 1.79 bits per heavy atom. The summed E-state index contributed by atoms with van der Waals surface area (Å²) in [6.45, 7) is 0. The van der Waals surface area contributed by atoms with Crippen LogP contribution in [-0.4, -0.2) is 26.8 Å². The maximum absolute atomic E-state index is 12.2. The molecule has 0 atom stereocenters. The van der Waals surface area contributed by atoms with Crippen LogP contribution in [0.3, 0.4) is 0 Å². The third-order valence-corrected chi connectivity index (χ3v) is 5.36. The van der Waals surface area contributed by atoms with Crippen molar-refractivity contribution >= 4 is 46.3 Å². The monoisotopic (exact) mass is 420 g/mol. The van der Waals surface area contributed by atoms with Gasteiger partial charge in [-0.25, -0.2) is 4.98 Å². The van der Waals surface area contributed by atoms with Gasteiger partial charge in [-0.1, -0.05) is 72.4 Å². The number of benzene rings is 2. The minimum atomic E-state index is -0.177. The normalized spacial score (nSPS) is 11.0. The van der Waals surface area contributed by atoms with E-state index in [9.17, 15) is 4.79 Å². The highest BCUT2D eigenvalue weighted by molar-refractivity contribution is 7.99. The van der Waals surface area contributed by atoms with Gasteiger partial charge in [0.2, 0.25) is 11.8 Å². The minimum absolute atomic E-state index is 0.157. The zero-order valence-corrected chi connectivity index (χ0v) is 16.8. The van der Waals surface area contributed by atoms with Crippen molar-refractivity contribution in [3.63, 3.8) is 0 Å². The first kappa shape index (κ1) is 19.1. The molecule has 1 N–H and O–H groups in total. The van der Waals surface area contributed by atoms with Gasteiger partial charge in [0, 0.05) is 17.0 Å². The average Bonchev–Trinajstić information content (AvgIpc) is 3.42. The van der Waals surface area contributed by atoms with Crippen LogP contribution in [0.4, 0.5) is 5.13 Å². The molecule has 0 aliphatic heterocycles. The first-order valence-corrected chi connectivity index (χ1v) is 10.6. The highest BCUT2D eigenvalue weighted by Gasteiger charge is 2.11. The van der Waals surface area contributed by atoms with Crippen LogP contribution in [0.25, 0.3) is 23.4 Å². The largest absolute Gasteiger partial charge is 0.412 e. The quantitative estimate of drug-likeness (QED) is 0.419. The van der Waals surface area contributed by atoms with E-state index in [0.717, 1.165) is 16.8 Å². The van der Waals surface area contributed by atoms with Crippen LogP contribution in [0.15, 0.2) is 75.7 Å². The topological polar surface area (TPSA) is 80.9 Å². The van der Waals surface area contributed by atoms with E-state index in [1.807, 2.05) is 72.1 Å². The number of carbonyl (C=O) groups excluding carboxylic acids is 1. The molecule has 0 saturated heterocycles. The standard InChI is InChI=1S/C21H16N4O2S2/c26-18(23-20-22-17(13-28-20)16-9-5-2-6-10-16)14-29-21-25-24-19(27-21)12-11-15-7-3-1-4-8-15/h1-13H,14H2,(H,22,23,26). The van der Waals surface area contributed by atoms with E-state index in [1.54, 1.807) is 6.08 Å². The third-order valence-electron chi connectivity index (χ3n) is 3.79. The van der Waals surface area contributed by atoms with Gasteiger partial charge in [-0.05, 0) is 11.6 Å². The van der Waals surface area contributed by atoms with Gasteiger partial charge in [0.15, 0.2) is 5.13 Å². The van der Waals surface area contributed by atoms with Gasteiger partial charge >= 0.3 is 0 Å². The van der Waals surface area contributed by atoms with E-state index in [4.69, 9.17) is 4.42 Å². The van der Waals surface area contributed by atoms with Gasteiger partial charge < -0.3 is 9.73 Å². The van der Waals surface area contributed by atoms with Crippen molar-refractivity contribution in [1.82, 2.24) is 15.2 Å². The van der Waals surface area contributed by atoms with E-state index in [2.05, 4.69) is 20.5 Å². The van der Waals surface area contributed by atoms with E-state index < -0.39 is 0 Å². The van der Waals surface area contributed by atoms with Gasteiger partial charge in [0.1, 0.15) is 0 Å². The van der Waals surface area contributed by atoms with Crippen molar-refractivity contribution in [3.05, 3.63) is 77.5 Å². The van der Waals surface area contributed by atoms with Crippen LogP contribution in [-0.2, 0) is 4.79 Å². The molecule has 0 aliphatic rings. The summed E-state index contributed by atoms with van der Waals surface area (Å²) in [7, 11) is 0. The van der Waals surface area contributed by atoms with Gasteiger partial charge in [-0.3, -0.25) is 4.79 Å². The molecular formula is C21H16N4O2S2. The van der Waals surface area contributed by atoms with Gasteiger partial charge in [0.05, 0.1) is 11.4 Å². The van der Waals surface area contributed by atoms with Crippen molar-refractivity contribution in [2.45, 2.75) is 5.22 Å². The summed E-state index contributed by atoms with van der Waals surface area (Å²) in [5.74, 6) is 0.373. The summed E-state index contributed by atoms with van der Waals surface area (Å²) in [4.78, 5) is 16.6. The van der Waals surface area contributed by atoms with Crippen molar-refractivity contribution in [3.8, 4) is 11.3 Å². The minimum Gasteiger partial charge on any atom is -0.412 e. The number of thiazole rings is 1. The van der Waals surface area contributed by atoms with Crippen LogP contribution in [0, 0.1) is 0 Å². The molecule has 144 valence electrons. The number of hydrogen-bond acceptors (Lipinski definition) is 7. The molecule has 0 aliphatic carbocycles. The summed E-state index contributed by atoms with van der Waals surface area (Å²) in [5.41, 5.74) is 2.89. The summed E-state index contributed by atoms with van der Waals surface area (Å²) < 4.78 is 5.53. The highest BCUT2D eigenvalue weighted by Crippen LogP contribution is 2.25. The molecule has 4 rings (SSSR count). The lowest BCUT2D eigenvalue weighted by Gasteiger charge is -1.99. The van der Waals surface area contributed by atoms with Crippen molar-refractivity contribution in [2.24, 2.45) is 0 Å². The maximum atomic E-state index is 12.2. The third kappa shape index (κ3) is 5.40. The number of aromatic nitrogens is 3. The lowest BCUT2D eigenvalue weighted by atomic mass is 10.2. The molecule has 2 heterocycles. The Morgan fingerprint density at radius 1 is 1.03 bits per heavy atom. The second-order valence-electron chi connectivity index (χ2n) is 5.89. The van der Waals surface area contributed by atoms with Gasteiger partial charge in [-0.2, -0.15) is 0 Å². The van der Waals surface area contributed by atoms with Crippen molar-refractivity contribution < 1.29 is 9.21 Å². The zero-order chi connectivity index (χ0) is 19.9. The number of anilines is 1. The number of carbonyl (C=O) groups is 1. The average molecular weight is 421 g/mol. The molecule has 0 radical (unpaired) electrons. The Morgan fingerprint density at radius 3 is 2.59 bits per heavy atom. The van der Waals surface area contributed by atoms with Crippen molar-refractivity contribution in [2.75, 3.05) is 11.1 Å². The number of rotatable bonds is 7. The number of nitrogens with zero attached hydrogens (tertiary/aromatic N) is 3. The molecule has 8 heteroatoms. The van der Waals surface area contributed by atoms with E-state index in [1.165, 1.54) is 23.1 Å². The molecule has 29 heavy (non-hydrogen) atoms. The first-order chi connectivity index (χ1) is 14.3. The first-order valence-electron chi connectivity index (χ1n) is 8.76. The molecule has 2 aromatic heterocycles. The van der Waals surface area contributed by atoms with E-state index in [-0.39, 0.29) is 11.7 Å². The Kier molecular flexibility index (Phi) is 6.13. The number of amides is 1. The van der Waals surface area contributed by atoms with Crippen LogP contribution in [0.1, 0.15) is 11.5 Å². The molecule has 4 aromatic rings. The number of hydrogen-bond donors (Lipinski definition) is 1.